The van der Waals surface area contributed by atoms with Crippen LogP contribution in [0.5, 0.6) is 5.75 Å². The fraction of sp³-hybridized carbons (Fsp3) is 0.389. The van der Waals surface area contributed by atoms with Gasteiger partial charge >= 0.3 is 11.3 Å². The highest BCUT2D eigenvalue weighted by Crippen LogP contribution is 2.48. The molecule has 0 aliphatic carbocycles. The number of carbonyl (C=O) groups excluding carboxylic acids is 1. The van der Waals surface area contributed by atoms with E-state index in [9.17, 15) is 13.6 Å². The highest BCUT2D eigenvalue weighted by Gasteiger charge is 2.43. The van der Waals surface area contributed by atoms with Gasteiger partial charge in [-0.05, 0) is 37.1 Å². The normalized spacial score (nSPS) is 15.4. The molecule has 2 heterocycles. The number of halogens is 3. The average molecular weight is 429 g/mol. The number of hydrogen-bond acceptors (Lipinski definition) is 5. The quantitative estimate of drug-likeness (QED) is 0.695. The standard InChI is InChI=1S/C18H19ClF2N4O2S/c1-27-14-2-3-15(19)16(10-14)28-18(20,21)12-5-8-25(9-6-12)17(26)24-13-4-7-22-23-11-13/h2-4,7,10-12H,5-6,8-9H2,1H3,(H,22,24,26). The summed E-state index contributed by atoms with van der Waals surface area (Å²) in [5.74, 6) is -0.383. The smallest absolute Gasteiger partial charge is 0.321 e. The van der Waals surface area contributed by atoms with Crippen LogP contribution in [0.4, 0.5) is 19.3 Å². The van der Waals surface area contributed by atoms with E-state index in [0.717, 1.165) is 0 Å². The fourth-order valence-electron chi connectivity index (χ4n) is 2.90. The number of ether oxygens (including phenoxy) is 1. The summed E-state index contributed by atoms with van der Waals surface area (Å²) in [5, 5.41) is 7.25. The molecule has 1 aromatic heterocycles. The molecule has 0 atom stereocenters. The Balaban J connectivity index is 1.58. The Morgan fingerprint density at radius 2 is 2.07 bits per heavy atom. The molecule has 1 N–H and O–H groups in total. The summed E-state index contributed by atoms with van der Waals surface area (Å²) in [7, 11) is 1.47. The maximum absolute atomic E-state index is 14.8. The number of anilines is 1. The number of piperidine rings is 1. The van der Waals surface area contributed by atoms with Crippen LogP contribution in [-0.2, 0) is 0 Å². The number of nitrogens with zero attached hydrogens (tertiary/aromatic N) is 3. The van der Waals surface area contributed by atoms with Gasteiger partial charge in [0.2, 0.25) is 0 Å². The molecule has 1 saturated heterocycles. The molecule has 0 radical (unpaired) electrons. The Kier molecular flexibility index (Phi) is 6.56. The van der Waals surface area contributed by atoms with E-state index >= 15 is 0 Å². The third-order valence-electron chi connectivity index (χ3n) is 4.48. The minimum atomic E-state index is -3.01. The number of methoxy groups -OCH3 is 1. The van der Waals surface area contributed by atoms with Gasteiger partial charge in [-0.3, -0.25) is 0 Å². The van der Waals surface area contributed by atoms with Gasteiger partial charge in [0, 0.05) is 23.9 Å². The summed E-state index contributed by atoms with van der Waals surface area (Å²) < 4.78 is 34.7. The number of nitrogens with one attached hydrogen (secondary N) is 1. The summed E-state index contributed by atoms with van der Waals surface area (Å²) in [4.78, 5) is 14.1. The van der Waals surface area contributed by atoms with Crippen LogP contribution in [0.3, 0.4) is 0 Å². The van der Waals surface area contributed by atoms with Crippen LogP contribution in [-0.4, -0.2) is 46.6 Å². The molecule has 3 rings (SSSR count). The van der Waals surface area contributed by atoms with E-state index in [1.54, 1.807) is 18.2 Å². The van der Waals surface area contributed by atoms with E-state index < -0.39 is 11.2 Å². The summed E-state index contributed by atoms with van der Waals surface area (Å²) in [6, 6.07) is 5.95. The first kappa shape index (κ1) is 20.6. The van der Waals surface area contributed by atoms with Crippen molar-refractivity contribution < 1.29 is 18.3 Å². The van der Waals surface area contributed by atoms with Crippen molar-refractivity contribution >= 4 is 35.1 Å². The Hall–Kier alpha value is -2.13. The van der Waals surface area contributed by atoms with Crippen molar-refractivity contribution in [2.24, 2.45) is 5.92 Å². The number of likely N-dealkylation sites (tertiary alicyclic amines) is 1. The van der Waals surface area contributed by atoms with Crippen molar-refractivity contribution in [2.45, 2.75) is 23.0 Å². The van der Waals surface area contributed by atoms with Crippen molar-refractivity contribution in [2.75, 3.05) is 25.5 Å². The minimum absolute atomic E-state index is 0.198. The summed E-state index contributed by atoms with van der Waals surface area (Å²) >= 11 is 6.50. The topological polar surface area (TPSA) is 67.3 Å². The predicted octanol–water partition coefficient (Wildman–Crippen LogP) is 4.77. The molecule has 1 fully saturated rings. The number of rotatable bonds is 5. The molecule has 1 aromatic carbocycles. The molecule has 0 unspecified atom stereocenters. The lowest BCUT2D eigenvalue weighted by atomic mass is 9.97. The molecule has 10 heteroatoms. The van der Waals surface area contributed by atoms with E-state index in [4.69, 9.17) is 16.3 Å². The molecule has 0 saturated carbocycles. The van der Waals surface area contributed by atoms with Gasteiger partial charge in [0.15, 0.2) is 0 Å². The first-order chi connectivity index (χ1) is 13.4. The summed E-state index contributed by atoms with van der Waals surface area (Å²) in [6.07, 6.45) is 3.28. The molecule has 0 bridgehead atoms. The first-order valence-electron chi connectivity index (χ1n) is 8.62. The maximum Gasteiger partial charge on any atom is 0.321 e. The largest absolute Gasteiger partial charge is 0.497 e. The lowest BCUT2D eigenvalue weighted by Crippen LogP contribution is -2.44. The van der Waals surface area contributed by atoms with Crippen LogP contribution in [0.1, 0.15) is 12.8 Å². The maximum atomic E-state index is 14.8. The van der Waals surface area contributed by atoms with Crippen LogP contribution < -0.4 is 10.1 Å². The molecule has 2 aromatic rings. The van der Waals surface area contributed by atoms with E-state index in [1.165, 1.54) is 30.5 Å². The molecule has 1 aliphatic heterocycles. The van der Waals surface area contributed by atoms with Crippen molar-refractivity contribution in [3.05, 3.63) is 41.7 Å². The molecular formula is C18H19ClF2N4O2S. The zero-order valence-electron chi connectivity index (χ0n) is 15.1. The Morgan fingerprint density at radius 3 is 2.71 bits per heavy atom. The number of carbonyl (C=O) groups is 1. The molecule has 6 nitrogen and oxygen atoms in total. The van der Waals surface area contributed by atoms with E-state index in [-0.39, 0.29) is 41.9 Å². The van der Waals surface area contributed by atoms with Gasteiger partial charge in [0.05, 0.1) is 30.2 Å². The Labute approximate surface area is 170 Å². The second-order valence-electron chi connectivity index (χ2n) is 6.28. The molecule has 0 spiro atoms. The van der Waals surface area contributed by atoms with Crippen molar-refractivity contribution in [1.29, 1.82) is 0 Å². The van der Waals surface area contributed by atoms with Crippen LogP contribution in [0.2, 0.25) is 5.02 Å². The van der Waals surface area contributed by atoms with Crippen LogP contribution in [0, 0.1) is 5.92 Å². The number of amides is 2. The number of aromatic nitrogens is 2. The third-order valence-corrected chi connectivity index (χ3v) is 6.08. The van der Waals surface area contributed by atoms with Crippen molar-refractivity contribution in [3.8, 4) is 5.75 Å². The van der Waals surface area contributed by atoms with Crippen molar-refractivity contribution in [1.82, 2.24) is 15.1 Å². The average Bonchev–Trinajstić information content (AvgIpc) is 2.70. The lowest BCUT2D eigenvalue weighted by Gasteiger charge is -2.35. The van der Waals surface area contributed by atoms with E-state index in [1.807, 2.05) is 0 Å². The summed E-state index contributed by atoms with van der Waals surface area (Å²) in [6.45, 7) is 0.494. The zero-order valence-corrected chi connectivity index (χ0v) is 16.6. The summed E-state index contributed by atoms with van der Waals surface area (Å²) in [5.41, 5.74) is 0.510. The van der Waals surface area contributed by atoms with Crippen LogP contribution in [0.25, 0.3) is 0 Å². The molecule has 28 heavy (non-hydrogen) atoms. The van der Waals surface area contributed by atoms with E-state index in [2.05, 4.69) is 15.5 Å². The van der Waals surface area contributed by atoms with Gasteiger partial charge in [0.1, 0.15) is 5.75 Å². The second kappa shape index (κ2) is 8.91. The first-order valence-corrected chi connectivity index (χ1v) is 9.81. The Bertz CT molecular complexity index is 820. The minimum Gasteiger partial charge on any atom is -0.497 e. The van der Waals surface area contributed by atoms with Gasteiger partial charge in [-0.2, -0.15) is 19.0 Å². The zero-order chi connectivity index (χ0) is 20.1. The van der Waals surface area contributed by atoms with Gasteiger partial charge in [0.25, 0.3) is 0 Å². The van der Waals surface area contributed by atoms with E-state index in [0.29, 0.717) is 23.2 Å². The number of urea groups is 1. The molecule has 150 valence electrons. The predicted molar refractivity (Wildman–Crippen MR) is 104 cm³/mol. The number of alkyl halides is 2. The molecule has 1 aliphatic rings. The SMILES string of the molecule is COc1ccc(Cl)c(SC(F)(F)C2CCN(C(=O)Nc3ccnnc3)CC2)c1. The Morgan fingerprint density at radius 1 is 1.32 bits per heavy atom. The van der Waals surface area contributed by atoms with Crippen LogP contribution >= 0.6 is 23.4 Å². The number of hydrogen-bond donors (Lipinski definition) is 1. The highest BCUT2D eigenvalue weighted by atomic mass is 35.5. The molecular weight excluding hydrogens is 410 g/mol. The van der Waals surface area contributed by atoms with Gasteiger partial charge in [-0.1, -0.05) is 23.4 Å². The lowest BCUT2D eigenvalue weighted by molar-refractivity contribution is 0.0100. The highest BCUT2D eigenvalue weighted by molar-refractivity contribution is 8.00. The monoisotopic (exact) mass is 428 g/mol. The van der Waals surface area contributed by atoms with Gasteiger partial charge in [-0.25, -0.2) is 4.79 Å². The van der Waals surface area contributed by atoms with Gasteiger partial charge in [-0.15, -0.1) is 0 Å². The second-order valence-corrected chi connectivity index (χ2v) is 7.88. The third kappa shape index (κ3) is 5.02. The molecule has 2 amide bonds. The van der Waals surface area contributed by atoms with Gasteiger partial charge < -0.3 is 15.0 Å². The van der Waals surface area contributed by atoms with Crippen molar-refractivity contribution in [3.63, 3.8) is 0 Å². The number of thioether (sulfide) groups is 1. The van der Waals surface area contributed by atoms with Crippen LogP contribution in [0.15, 0.2) is 41.6 Å². The number of benzene rings is 1. The fourth-order valence-corrected chi connectivity index (χ4v) is 4.17.